The van der Waals surface area contributed by atoms with Gasteiger partial charge in [-0.1, -0.05) is 70.2 Å². The summed E-state index contributed by atoms with van der Waals surface area (Å²) in [6.07, 6.45) is -2.53. The monoisotopic (exact) mass is 738 g/mol. The zero-order valence-corrected chi connectivity index (χ0v) is 30.6. The zero-order valence-electron chi connectivity index (χ0n) is 30.6. The van der Waals surface area contributed by atoms with Crippen LogP contribution in [-0.4, -0.2) is 73.2 Å². The average Bonchev–Trinajstić information content (AvgIpc) is 3.86. The first-order chi connectivity index (χ1) is 24.9. The predicted octanol–water partition coefficient (Wildman–Crippen LogP) is 4.24. The molecule has 5 aliphatic rings. The third kappa shape index (κ3) is 7.44. The van der Waals surface area contributed by atoms with Crippen LogP contribution in [0.4, 0.5) is 13.2 Å². The maximum absolute atomic E-state index is 13.7. The predicted molar refractivity (Wildman–Crippen MR) is 188 cm³/mol. The average molecular weight is 739 g/mol. The smallest absolute Gasteiger partial charge is 0.404 e. The van der Waals surface area contributed by atoms with Gasteiger partial charge in [0, 0.05) is 17.5 Å². The number of hydrogen-bond acceptors (Lipinski definition) is 8. The Hall–Kier alpha value is -4.31. The number of halogens is 3. The SMILES string of the molecule is CC(C)[C@H](NC(=O)c1ccc(C2(C(F)(F)F)N=N2)cc1)C(=O)N[C@@H](Cc1ccccc1)C(=O)N[C@@H](C)C(=O)NCB1O[C@@H]2CC3C[C@@H](C3(C)C)[C@]2(C)O1. The molecule has 2 aromatic rings. The van der Waals surface area contributed by atoms with Gasteiger partial charge in [-0.2, -0.15) is 13.2 Å². The maximum atomic E-state index is 13.7. The lowest BCUT2D eigenvalue weighted by Gasteiger charge is -2.64. The number of benzene rings is 2. The van der Waals surface area contributed by atoms with Crippen molar-refractivity contribution in [3.05, 3.63) is 71.3 Å². The van der Waals surface area contributed by atoms with Gasteiger partial charge in [-0.15, -0.1) is 10.2 Å². The quantitative estimate of drug-likeness (QED) is 0.225. The summed E-state index contributed by atoms with van der Waals surface area (Å²) in [5.41, 5.74) is -2.33. The van der Waals surface area contributed by atoms with E-state index in [0.29, 0.717) is 11.8 Å². The van der Waals surface area contributed by atoms with Gasteiger partial charge >= 0.3 is 19.0 Å². The Morgan fingerprint density at radius 1 is 0.887 bits per heavy atom. The molecule has 1 unspecified atom stereocenters. The Morgan fingerprint density at radius 3 is 2.13 bits per heavy atom. The van der Waals surface area contributed by atoms with Gasteiger partial charge in [0.2, 0.25) is 17.7 Å². The molecule has 4 amide bonds. The second-order valence-corrected chi connectivity index (χ2v) is 15.8. The first-order valence-corrected chi connectivity index (χ1v) is 18.0. The summed E-state index contributed by atoms with van der Waals surface area (Å²) in [6.45, 7) is 11.6. The van der Waals surface area contributed by atoms with E-state index in [-0.39, 0.29) is 35.5 Å². The second-order valence-electron chi connectivity index (χ2n) is 15.8. The highest BCUT2D eigenvalue weighted by Gasteiger charge is 2.68. The Morgan fingerprint density at radius 2 is 1.55 bits per heavy atom. The molecule has 2 heterocycles. The molecular weight excluding hydrogens is 692 g/mol. The van der Waals surface area contributed by atoms with Crippen LogP contribution >= 0.6 is 0 Å². The molecule has 16 heteroatoms. The number of carbonyl (C=O) groups excluding carboxylic acids is 4. The van der Waals surface area contributed by atoms with Gasteiger partial charge in [0.15, 0.2) is 0 Å². The van der Waals surface area contributed by atoms with Gasteiger partial charge in [-0.3, -0.25) is 19.2 Å². The number of rotatable bonds is 13. The lowest BCUT2D eigenvalue weighted by atomic mass is 9.43. The number of carbonyl (C=O) groups is 4. The van der Waals surface area contributed by atoms with Gasteiger partial charge in [-0.25, -0.2) is 0 Å². The molecule has 3 aliphatic carbocycles. The van der Waals surface area contributed by atoms with Crippen molar-refractivity contribution < 1.29 is 41.7 Å². The van der Waals surface area contributed by atoms with Crippen molar-refractivity contribution in [2.24, 2.45) is 33.4 Å². The fourth-order valence-corrected chi connectivity index (χ4v) is 8.13. The molecule has 2 bridgehead atoms. The third-order valence-electron chi connectivity index (χ3n) is 11.6. The third-order valence-corrected chi connectivity index (χ3v) is 11.6. The summed E-state index contributed by atoms with van der Waals surface area (Å²) in [6, 6.07) is 10.4. The van der Waals surface area contributed by atoms with Gasteiger partial charge in [0.05, 0.1) is 18.1 Å². The Labute approximate surface area is 306 Å². The Bertz CT molecular complexity index is 1750. The molecular formula is C37H46BF3N6O6. The van der Waals surface area contributed by atoms with Gasteiger partial charge in [-0.05, 0) is 67.6 Å². The molecule has 0 aromatic heterocycles. The van der Waals surface area contributed by atoms with E-state index in [1.54, 1.807) is 38.1 Å². The maximum Gasteiger partial charge on any atom is 0.478 e. The number of alkyl halides is 3. The number of hydrogen-bond donors (Lipinski definition) is 4. The number of amides is 4. The van der Waals surface area contributed by atoms with Gasteiger partial charge < -0.3 is 30.6 Å². The first kappa shape index (κ1) is 38.4. The highest BCUT2D eigenvalue weighted by Crippen LogP contribution is 2.65. The molecule has 1 saturated heterocycles. The van der Waals surface area contributed by atoms with Gasteiger partial charge in [0.25, 0.3) is 5.91 Å². The molecule has 4 N–H and O–H groups in total. The van der Waals surface area contributed by atoms with Crippen molar-refractivity contribution >= 4 is 30.7 Å². The summed E-state index contributed by atoms with van der Waals surface area (Å²) >= 11 is 0. The zero-order chi connectivity index (χ0) is 38.5. The van der Waals surface area contributed by atoms with Crippen LogP contribution in [0.3, 0.4) is 0 Å². The van der Waals surface area contributed by atoms with Crippen molar-refractivity contribution in [3.63, 3.8) is 0 Å². The highest BCUT2D eigenvalue weighted by atomic mass is 19.4. The molecule has 53 heavy (non-hydrogen) atoms. The largest absolute Gasteiger partial charge is 0.478 e. The van der Waals surface area contributed by atoms with E-state index in [1.807, 2.05) is 6.07 Å². The highest BCUT2D eigenvalue weighted by molar-refractivity contribution is 6.46. The molecule has 284 valence electrons. The van der Waals surface area contributed by atoms with Crippen molar-refractivity contribution in [3.8, 4) is 0 Å². The lowest BCUT2D eigenvalue weighted by molar-refractivity contribution is -0.199. The van der Waals surface area contributed by atoms with Crippen LogP contribution in [0, 0.1) is 23.2 Å². The number of nitrogens with one attached hydrogen (secondary N) is 4. The van der Waals surface area contributed by atoms with Crippen molar-refractivity contribution in [1.29, 1.82) is 0 Å². The molecule has 2 aliphatic heterocycles. The molecule has 7 rings (SSSR count). The first-order valence-electron chi connectivity index (χ1n) is 18.0. The minimum atomic E-state index is -4.71. The molecule has 0 radical (unpaired) electrons. The Kier molecular flexibility index (Phi) is 10.3. The van der Waals surface area contributed by atoms with Crippen LogP contribution in [0.2, 0.25) is 0 Å². The summed E-state index contributed by atoms with van der Waals surface area (Å²) in [4.78, 5) is 53.6. The van der Waals surface area contributed by atoms with E-state index in [4.69, 9.17) is 9.31 Å². The summed E-state index contributed by atoms with van der Waals surface area (Å²) in [5.74, 6) is -1.90. The summed E-state index contributed by atoms with van der Waals surface area (Å²) in [7, 11) is -0.612. The van der Waals surface area contributed by atoms with Crippen LogP contribution in [0.15, 0.2) is 64.8 Å². The van der Waals surface area contributed by atoms with E-state index < -0.39 is 72.2 Å². The molecule has 3 saturated carbocycles. The fraction of sp³-hybridized carbons (Fsp3) is 0.568. The summed E-state index contributed by atoms with van der Waals surface area (Å²) in [5, 5.41) is 17.2. The van der Waals surface area contributed by atoms with Crippen LogP contribution in [0.25, 0.3) is 0 Å². The standard InChI is InChI=1S/C37H46BF3N6O6/c1-20(2)29(45-31(49)23-12-14-24(15-13-23)36(46-47-36)37(39,40)41)33(51)44-26(16-22-10-8-7-9-11-22)32(50)43-21(3)30(48)42-19-38-52-28-18-25-17-27(34(25,4)5)35(28,6)53-38/h7-15,20-21,25-29H,16-19H2,1-6H3,(H,42,48)(H,43,50)(H,44,51)(H,45,49)/t21-,25?,26-,27-,28+,29-,35-/m0/s1. The lowest BCUT2D eigenvalue weighted by Crippen LogP contribution is -2.65. The van der Waals surface area contributed by atoms with Crippen LogP contribution in [0.5, 0.6) is 0 Å². The molecule has 4 fully saturated rings. The van der Waals surface area contributed by atoms with E-state index in [2.05, 4.69) is 52.3 Å². The van der Waals surface area contributed by atoms with E-state index in [0.717, 1.165) is 30.5 Å². The van der Waals surface area contributed by atoms with Crippen LogP contribution < -0.4 is 21.3 Å². The molecule has 2 aromatic carbocycles. The topological polar surface area (TPSA) is 160 Å². The second kappa shape index (κ2) is 14.2. The van der Waals surface area contributed by atoms with E-state index in [9.17, 15) is 32.3 Å². The van der Waals surface area contributed by atoms with E-state index >= 15 is 0 Å². The van der Waals surface area contributed by atoms with Crippen molar-refractivity contribution in [2.75, 3.05) is 6.44 Å². The van der Waals surface area contributed by atoms with Crippen molar-refractivity contribution in [1.82, 2.24) is 21.3 Å². The van der Waals surface area contributed by atoms with E-state index in [1.165, 1.54) is 19.1 Å². The Balaban J connectivity index is 1.06. The summed E-state index contributed by atoms with van der Waals surface area (Å²) < 4.78 is 52.8. The minimum Gasteiger partial charge on any atom is -0.404 e. The van der Waals surface area contributed by atoms with Crippen LogP contribution in [0.1, 0.15) is 75.9 Å². The van der Waals surface area contributed by atoms with Crippen molar-refractivity contribution in [2.45, 2.75) is 102 Å². The van der Waals surface area contributed by atoms with Gasteiger partial charge in [0.1, 0.15) is 18.1 Å². The molecule has 7 atom stereocenters. The molecule has 12 nitrogen and oxygen atoms in total. The minimum absolute atomic E-state index is 0.0189. The normalized spacial score (nSPS) is 26.4. The van der Waals surface area contributed by atoms with Crippen LogP contribution in [-0.2, 0) is 35.8 Å². The molecule has 0 spiro atoms. The fourth-order valence-electron chi connectivity index (χ4n) is 8.13. The number of nitrogens with zero attached hydrogens (tertiary/aromatic N) is 2.